The average molecular weight is 339 g/mol. The van der Waals surface area contributed by atoms with Gasteiger partial charge in [0.1, 0.15) is 5.82 Å². The molecule has 7 heteroatoms. The highest BCUT2D eigenvalue weighted by molar-refractivity contribution is 7.99. The van der Waals surface area contributed by atoms with Crippen molar-refractivity contribution >= 4 is 29.3 Å². The van der Waals surface area contributed by atoms with Crippen LogP contribution in [0, 0.1) is 0 Å². The van der Waals surface area contributed by atoms with Crippen LogP contribution in [-0.2, 0) is 16.8 Å². The molecule has 0 atom stereocenters. The lowest BCUT2D eigenvalue weighted by molar-refractivity contribution is -0.118. The van der Waals surface area contributed by atoms with Gasteiger partial charge >= 0.3 is 0 Å². The molecule has 22 heavy (non-hydrogen) atoms. The lowest BCUT2D eigenvalue weighted by atomic mass is 9.96. The quantitative estimate of drug-likeness (QED) is 0.821. The fourth-order valence-electron chi connectivity index (χ4n) is 1.68. The Balaban J connectivity index is 1.79. The molecule has 0 spiro atoms. The van der Waals surface area contributed by atoms with E-state index >= 15 is 0 Å². The van der Waals surface area contributed by atoms with E-state index in [1.54, 1.807) is 6.07 Å². The first-order chi connectivity index (χ1) is 10.3. The maximum Gasteiger partial charge on any atom is 0.230 e. The normalized spacial score (nSPS) is 11.5. The van der Waals surface area contributed by atoms with Crippen LogP contribution in [0.1, 0.15) is 32.2 Å². The van der Waals surface area contributed by atoms with Crippen LogP contribution in [0.25, 0.3) is 0 Å². The molecule has 2 N–H and O–H groups in total. The Morgan fingerprint density at radius 3 is 2.82 bits per heavy atom. The maximum atomic E-state index is 11.8. The van der Waals surface area contributed by atoms with Gasteiger partial charge in [0.15, 0.2) is 0 Å². The second kappa shape index (κ2) is 7.15. The average Bonchev–Trinajstić information content (AvgIpc) is 2.92. The number of carbonyl (C=O) groups is 1. The monoisotopic (exact) mass is 338 g/mol. The van der Waals surface area contributed by atoms with E-state index in [2.05, 4.69) is 41.3 Å². The number of halogens is 1. The third kappa shape index (κ3) is 5.03. The number of aromatic nitrogens is 3. The van der Waals surface area contributed by atoms with Crippen LogP contribution in [0.15, 0.2) is 29.4 Å². The molecule has 1 amide bonds. The minimum atomic E-state index is -0.0827. The Kier molecular flexibility index (Phi) is 5.47. The van der Waals surface area contributed by atoms with E-state index in [0.717, 1.165) is 11.4 Å². The fourth-order valence-corrected chi connectivity index (χ4v) is 2.52. The first-order valence-corrected chi connectivity index (χ1v) is 8.28. The topological polar surface area (TPSA) is 70.7 Å². The highest BCUT2D eigenvalue weighted by Crippen LogP contribution is 2.20. The molecule has 0 radical (unpaired) electrons. The second-order valence-corrected chi connectivity index (χ2v) is 7.29. The zero-order valence-electron chi connectivity index (χ0n) is 12.8. The fraction of sp³-hybridized carbons (Fsp3) is 0.400. The molecule has 0 saturated heterocycles. The molecule has 0 aliphatic heterocycles. The summed E-state index contributed by atoms with van der Waals surface area (Å²) < 4.78 is 0. The molecule has 5 nitrogen and oxygen atoms in total. The molecule has 2 rings (SSSR count). The van der Waals surface area contributed by atoms with Gasteiger partial charge < -0.3 is 5.32 Å². The van der Waals surface area contributed by atoms with E-state index in [4.69, 9.17) is 11.6 Å². The summed E-state index contributed by atoms with van der Waals surface area (Å²) in [7, 11) is 0. The van der Waals surface area contributed by atoms with E-state index in [1.165, 1.54) is 11.8 Å². The van der Waals surface area contributed by atoms with Gasteiger partial charge in [-0.05, 0) is 17.7 Å². The third-order valence-corrected chi connectivity index (χ3v) is 3.97. The molecule has 1 aromatic carbocycles. The van der Waals surface area contributed by atoms with E-state index in [0.29, 0.717) is 16.7 Å². The standard InChI is InChI=1S/C15H19ClN4OS/c1-15(2,3)13-18-14(20-19-13)22-9-12(21)17-8-10-5-4-6-11(16)7-10/h4-7H,8-9H2,1-3H3,(H,17,21)(H,18,19,20). The largest absolute Gasteiger partial charge is 0.351 e. The minimum absolute atomic E-state index is 0.0629. The molecular weight excluding hydrogens is 320 g/mol. The zero-order valence-corrected chi connectivity index (χ0v) is 14.4. The van der Waals surface area contributed by atoms with Crippen molar-refractivity contribution in [1.29, 1.82) is 0 Å². The molecule has 0 aliphatic rings. The molecule has 118 valence electrons. The van der Waals surface area contributed by atoms with Crippen molar-refractivity contribution in [3.05, 3.63) is 40.7 Å². The summed E-state index contributed by atoms with van der Waals surface area (Å²) >= 11 is 7.22. The molecule has 0 aliphatic carbocycles. The van der Waals surface area contributed by atoms with Gasteiger partial charge in [0, 0.05) is 17.0 Å². The number of nitrogens with zero attached hydrogens (tertiary/aromatic N) is 2. The second-order valence-electron chi connectivity index (χ2n) is 5.91. The first-order valence-electron chi connectivity index (χ1n) is 6.91. The summed E-state index contributed by atoms with van der Waals surface area (Å²) in [6, 6.07) is 7.42. The van der Waals surface area contributed by atoms with E-state index in [9.17, 15) is 4.79 Å². The van der Waals surface area contributed by atoms with E-state index in [1.807, 2.05) is 18.2 Å². The SMILES string of the molecule is CC(C)(C)c1nc(SCC(=O)NCc2cccc(Cl)c2)n[nH]1. The van der Waals surface area contributed by atoms with Gasteiger partial charge in [0.2, 0.25) is 11.1 Å². The maximum absolute atomic E-state index is 11.8. The van der Waals surface area contributed by atoms with Gasteiger partial charge in [-0.25, -0.2) is 4.98 Å². The minimum Gasteiger partial charge on any atom is -0.351 e. The predicted octanol–water partition coefficient (Wildman–Crippen LogP) is 3.16. The first kappa shape index (κ1) is 16.8. The van der Waals surface area contributed by atoms with Crippen LogP contribution < -0.4 is 5.32 Å². The molecule has 0 saturated carbocycles. The van der Waals surface area contributed by atoms with Crippen LogP contribution in [0.5, 0.6) is 0 Å². The number of carbonyl (C=O) groups excluding carboxylic acids is 1. The Bertz CT molecular complexity index is 651. The molecule has 1 aromatic heterocycles. The van der Waals surface area contributed by atoms with Crippen molar-refractivity contribution in [2.75, 3.05) is 5.75 Å². The molecule has 1 heterocycles. The summed E-state index contributed by atoms with van der Waals surface area (Å²) in [5.41, 5.74) is 0.888. The zero-order chi connectivity index (χ0) is 16.2. The van der Waals surface area contributed by atoms with Gasteiger partial charge in [-0.1, -0.05) is 56.3 Å². The highest BCUT2D eigenvalue weighted by atomic mass is 35.5. The molecule has 0 fully saturated rings. The number of hydrogen-bond donors (Lipinski definition) is 2. The number of nitrogens with one attached hydrogen (secondary N) is 2. The van der Waals surface area contributed by atoms with Crippen LogP contribution in [0.4, 0.5) is 0 Å². The van der Waals surface area contributed by atoms with Gasteiger partial charge in [0.25, 0.3) is 0 Å². The number of thioether (sulfide) groups is 1. The van der Waals surface area contributed by atoms with Crippen molar-refractivity contribution in [1.82, 2.24) is 20.5 Å². The molecular formula is C15H19ClN4OS. The van der Waals surface area contributed by atoms with E-state index < -0.39 is 0 Å². The summed E-state index contributed by atoms with van der Waals surface area (Å²) in [5, 5.41) is 11.1. The summed E-state index contributed by atoms with van der Waals surface area (Å²) in [5.74, 6) is 1.03. The van der Waals surface area contributed by atoms with Gasteiger partial charge in [0.05, 0.1) is 5.75 Å². The number of aromatic amines is 1. The van der Waals surface area contributed by atoms with Crippen LogP contribution in [0.3, 0.4) is 0 Å². The summed E-state index contributed by atoms with van der Waals surface area (Å²) in [4.78, 5) is 16.2. The van der Waals surface area contributed by atoms with Crippen LogP contribution >= 0.6 is 23.4 Å². The Morgan fingerprint density at radius 2 is 2.18 bits per heavy atom. The Hall–Kier alpha value is -1.53. The third-order valence-electron chi connectivity index (χ3n) is 2.89. The molecule has 2 aromatic rings. The van der Waals surface area contributed by atoms with Crippen LogP contribution in [-0.4, -0.2) is 26.8 Å². The Labute approximate surface area is 139 Å². The number of amides is 1. The molecule has 0 bridgehead atoms. The summed E-state index contributed by atoms with van der Waals surface area (Å²) in [6.07, 6.45) is 0. The van der Waals surface area contributed by atoms with Gasteiger partial charge in [-0.15, -0.1) is 5.10 Å². The lowest BCUT2D eigenvalue weighted by Crippen LogP contribution is -2.24. The number of H-pyrrole nitrogens is 1. The van der Waals surface area contributed by atoms with Crippen molar-refractivity contribution in [3.63, 3.8) is 0 Å². The van der Waals surface area contributed by atoms with Crippen LogP contribution in [0.2, 0.25) is 5.02 Å². The van der Waals surface area contributed by atoms with Crippen molar-refractivity contribution in [3.8, 4) is 0 Å². The van der Waals surface area contributed by atoms with Crippen molar-refractivity contribution in [2.24, 2.45) is 0 Å². The van der Waals surface area contributed by atoms with Crippen molar-refractivity contribution in [2.45, 2.75) is 37.9 Å². The smallest absolute Gasteiger partial charge is 0.230 e. The number of benzene rings is 1. The summed E-state index contributed by atoms with van der Waals surface area (Å²) in [6.45, 7) is 6.63. The predicted molar refractivity (Wildman–Crippen MR) is 89.1 cm³/mol. The Morgan fingerprint density at radius 1 is 1.41 bits per heavy atom. The van der Waals surface area contributed by atoms with Crippen molar-refractivity contribution < 1.29 is 4.79 Å². The van der Waals surface area contributed by atoms with E-state index in [-0.39, 0.29) is 17.1 Å². The number of rotatable bonds is 5. The lowest BCUT2D eigenvalue weighted by Gasteiger charge is -2.12. The van der Waals surface area contributed by atoms with Gasteiger partial charge in [-0.3, -0.25) is 9.89 Å². The molecule has 0 unspecified atom stereocenters. The highest BCUT2D eigenvalue weighted by Gasteiger charge is 2.19. The van der Waals surface area contributed by atoms with Gasteiger partial charge in [-0.2, -0.15) is 0 Å². The number of hydrogen-bond acceptors (Lipinski definition) is 4.